The number of ether oxygens (including phenoxy) is 1. The Balaban J connectivity index is 1.64. The maximum absolute atomic E-state index is 12.9. The Morgan fingerprint density at radius 2 is 2.04 bits per heavy atom. The summed E-state index contributed by atoms with van der Waals surface area (Å²) in [4.78, 5) is 27.3. The van der Waals surface area contributed by atoms with Gasteiger partial charge in [0, 0.05) is 12.7 Å². The fourth-order valence-electron chi connectivity index (χ4n) is 3.67. The number of alkyl halides is 1. The van der Waals surface area contributed by atoms with Crippen molar-refractivity contribution in [1.29, 1.82) is 0 Å². The summed E-state index contributed by atoms with van der Waals surface area (Å²) < 4.78 is 7.23. The number of nitrogens with zero attached hydrogens (tertiary/aromatic N) is 2. The number of carbonyl (C=O) groups is 2. The second kappa shape index (κ2) is 5.67. The van der Waals surface area contributed by atoms with Crippen molar-refractivity contribution < 1.29 is 14.3 Å². The van der Waals surface area contributed by atoms with E-state index in [0.29, 0.717) is 18.7 Å². The number of esters is 1. The van der Waals surface area contributed by atoms with Crippen molar-refractivity contribution in [1.82, 2.24) is 9.47 Å². The number of hydrogen-bond acceptors (Lipinski definition) is 3. The van der Waals surface area contributed by atoms with Crippen LogP contribution in [0, 0.1) is 0 Å². The van der Waals surface area contributed by atoms with Crippen LogP contribution in [0.25, 0.3) is 0 Å². The van der Waals surface area contributed by atoms with Gasteiger partial charge in [-0.05, 0) is 30.5 Å². The Bertz CT molecular complexity index is 789. The molecule has 1 amide bonds. The molecule has 1 aromatic carbocycles. The molecule has 2 aliphatic heterocycles. The van der Waals surface area contributed by atoms with E-state index in [1.54, 1.807) is 27.8 Å². The first-order valence-electron chi connectivity index (χ1n) is 7.98. The lowest BCUT2D eigenvalue weighted by atomic mass is 9.93. The van der Waals surface area contributed by atoms with Gasteiger partial charge in [-0.2, -0.15) is 0 Å². The van der Waals surface area contributed by atoms with E-state index in [1.165, 1.54) is 0 Å². The van der Waals surface area contributed by atoms with Crippen LogP contribution in [0.5, 0.6) is 0 Å². The SMILES string of the molecule is O=C1c2cccn2[C@H](Cl)[C@]2(C(=O)OCc3ccccc3)CCCN12. The quantitative estimate of drug-likeness (QED) is 0.635. The average molecular weight is 345 g/mol. The van der Waals surface area contributed by atoms with Crippen molar-refractivity contribution in [3.63, 3.8) is 0 Å². The summed E-state index contributed by atoms with van der Waals surface area (Å²) in [5.74, 6) is -0.595. The molecule has 1 aromatic heterocycles. The molecule has 0 bridgehead atoms. The van der Waals surface area contributed by atoms with Crippen LogP contribution < -0.4 is 0 Å². The molecule has 2 aliphatic rings. The molecule has 2 aromatic rings. The molecule has 0 aliphatic carbocycles. The summed E-state index contributed by atoms with van der Waals surface area (Å²) in [6.45, 7) is 0.694. The second-order valence-corrected chi connectivity index (χ2v) is 6.60. The topological polar surface area (TPSA) is 51.5 Å². The smallest absolute Gasteiger partial charge is 0.335 e. The van der Waals surface area contributed by atoms with Gasteiger partial charge in [-0.25, -0.2) is 4.79 Å². The number of aromatic nitrogens is 1. The van der Waals surface area contributed by atoms with Gasteiger partial charge in [0.05, 0.1) is 0 Å². The molecule has 24 heavy (non-hydrogen) atoms. The Morgan fingerprint density at radius 1 is 1.25 bits per heavy atom. The molecule has 3 heterocycles. The number of benzene rings is 1. The summed E-state index contributed by atoms with van der Waals surface area (Å²) in [7, 11) is 0. The highest BCUT2D eigenvalue weighted by molar-refractivity contribution is 6.23. The lowest BCUT2D eigenvalue weighted by Crippen LogP contribution is -2.60. The molecule has 0 unspecified atom stereocenters. The maximum atomic E-state index is 12.9. The van der Waals surface area contributed by atoms with E-state index in [0.717, 1.165) is 12.0 Å². The molecular weight excluding hydrogens is 328 g/mol. The molecule has 0 radical (unpaired) electrons. The lowest BCUT2D eigenvalue weighted by Gasteiger charge is -2.43. The Kier molecular flexibility index (Phi) is 3.61. The minimum atomic E-state index is -1.13. The van der Waals surface area contributed by atoms with Gasteiger partial charge in [0.2, 0.25) is 0 Å². The third-order valence-electron chi connectivity index (χ3n) is 4.87. The van der Waals surface area contributed by atoms with E-state index < -0.39 is 17.0 Å². The average Bonchev–Trinajstić information content (AvgIpc) is 3.26. The van der Waals surface area contributed by atoms with Crippen LogP contribution in [0.3, 0.4) is 0 Å². The van der Waals surface area contributed by atoms with Gasteiger partial charge in [0.15, 0.2) is 5.54 Å². The van der Waals surface area contributed by atoms with Crippen molar-refractivity contribution >= 4 is 23.5 Å². The normalized spacial score (nSPS) is 25.3. The van der Waals surface area contributed by atoms with E-state index in [9.17, 15) is 9.59 Å². The van der Waals surface area contributed by atoms with E-state index in [4.69, 9.17) is 16.3 Å². The third-order valence-corrected chi connectivity index (χ3v) is 5.44. The van der Waals surface area contributed by atoms with Gasteiger partial charge >= 0.3 is 5.97 Å². The Hall–Kier alpha value is -2.27. The molecule has 0 saturated carbocycles. The molecule has 6 heteroatoms. The van der Waals surface area contributed by atoms with Gasteiger partial charge in [-0.15, -0.1) is 0 Å². The predicted octanol–water partition coefficient (Wildman–Crippen LogP) is 2.96. The van der Waals surface area contributed by atoms with E-state index >= 15 is 0 Å². The number of fused-ring (bicyclic) bond motifs is 2. The summed E-state index contributed by atoms with van der Waals surface area (Å²) in [6.07, 6.45) is 2.99. The van der Waals surface area contributed by atoms with Crippen molar-refractivity contribution in [2.45, 2.75) is 30.5 Å². The fraction of sp³-hybridized carbons (Fsp3) is 0.333. The monoisotopic (exact) mass is 344 g/mol. The van der Waals surface area contributed by atoms with Gasteiger partial charge in [-0.3, -0.25) is 4.79 Å². The summed E-state index contributed by atoms with van der Waals surface area (Å²) in [5, 5.41) is 0. The first-order chi connectivity index (χ1) is 11.6. The fourth-order valence-corrected chi connectivity index (χ4v) is 4.16. The Morgan fingerprint density at radius 3 is 2.83 bits per heavy atom. The Labute approximate surface area is 144 Å². The van der Waals surface area contributed by atoms with Crippen molar-refractivity contribution in [2.24, 2.45) is 0 Å². The first kappa shape index (κ1) is 15.3. The van der Waals surface area contributed by atoms with Crippen LogP contribution in [0.15, 0.2) is 48.7 Å². The predicted molar refractivity (Wildman–Crippen MR) is 88.6 cm³/mol. The molecule has 1 saturated heterocycles. The van der Waals surface area contributed by atoms with Crippen LogP contribution in [0.1, 0.15) is 34.4 Å². The molecule has 2 atom stereocenters. The van der Waals surface area contributed by atoms with Crippen LogP contribution in [-0.4, -0.2) is 33.4 Å². The highest BCUT2D eigenvalue weighted by Gasteiger charge is 2.59. The summed E-state index contributed by atoms with van der Waals surface area (Å²) in [5.41, 5.74) is -0.365. The van der Waals surface area contributed by atoms with Crippen LogP contribution >= 0.6 is 11.6 Å². The lowest BCUT2D eigenvalue weighted by molar-refractivity contribution is -0.158. The molecule has 0 N–H and O–H groups in total. The zero-order valence-corrected chi connectivity index (χ0v) is 13.8. The van der Waals surface area contributed by atoms with Gasteiger partial charge in [-0.1, -0.05) is 41.9 Å². The van der Waals surface area contributed by atoms with Crippen molar-refractivity contribution in [3.8, 4) is 0 Å². The van der Waals surface area contributed by atoms with Crippen molar-refractivity contribution in [2.75, 3.05) is 6.54 Å². The highest BCUT2D eigenvalue weighted by Crippen LogP contribution is 2.46. The number of amides is 1. The maximum Gasteiger partial charge on any atom is 0.335 e. The number of rotatable bonds is 3. The number of halogens is 1. The van der Waals surface area contributed by atoms with Gasteiger partial charge in [0.1, 0.15) is 17.8 Å². The third kappa shape index (κ3) is 2.08. The van der Waals surface area contributed by atoms with E-state index in [-0.39, 0.29) is 12.5 Å². The van der Waals surface area contributed by atoms with Crippen LogP contribution in [0.2, 0.25) is 0 Å². The minimum absolute atomic E-state index is 0.161. The summed E-state index contributed by atoms with van der Waals surface area (Å²) >= 11 is 6.66. The largest absolute Gasteiger partial charge is 0.459 e. The van der Waals surface area contributed by atoms with E-state index in [1.807, 2.05) is 30.3 Å². The zero-order chi connectivity index (χ0) is 16.7. The zero-order valence-electron chi connectivity index (χ0n) is 13.0. The van der Waals surface area contributed by atoms with Gasteiger partial charge < -0.3 is 14.2 Å². The van der Waals surface area contributed by atoms with Gasteiger partial charge in [0.25, 0.3) is 5.91 Å². The highest BCUT2D eigenvalue weighted by atomic mass is 35.5. The molecular formula is C18H17ClN2O3. The standard InChI is InChI=1S/C18H17ClN2O3/c19-16-18(17(23)24-12-13-6-2-1-3-7-13)9-5-11-21(18)15(22)14-8-4-10-20(14)16/h1-4,6-8,10,16H,5,9,11-12H2/t16-,18-/m0/s1. The van der Waals surface area contributed by atoms with Crippen molar-refractivity contribution in [3.05, 3.63) is 59.9 Å². The number of carbonyl (C=O) groups excluding carboxylic acids is 2. The molecule has 5 nitrogen and oxygen atoms in total. The second-order valence-electron chi connectivity index (χ2n) is 6.18. The molecule has 1 fully saturated rings. The molecule has 124 valence electrons. The molecule has 0 spiro atoms. The van der Waals surface area contributed by atoms with Crippen LogP contribution in [-0.2, 0) is 16.1 Å². The number of hydrogen-bond donors (Lipinski definition) is 0. The minimum Gasteiger partial charge on any atom is -0.459 e. The summed E-state index contributed by atoms with van der Waals surface area (Å²) in [6, 6.07) is 13.0. The van der Waals surface area contributed by atoms with E-state index in [2.05, 4.69) is 0 Å². The van der Waals surface area contributed by atoms with Crippen LogP contribution in [0.4, 0.5) is 0 Å². The first-order valence-corrected chi connectivity index (χ1v) is 8.42. The molecule has 4 rings (SSSR count).